The van der Waals surface area contributed by atoms with Crippen molar-refractivity contribution in [2.24, 2.45) is 0 Å². The fourth-order valence-corrected chi connectivity index (χ4v) is 1.17. The molecule has 0 heterocycles. The minimum atomic E-state index is 0.489. The molecule has 1 aromatic carbocycles. The minimum Gasteiger partial charge on any atom is -0.497 e. The van der Waals surface area contributed by atoms with Gasteiger partial charge in [0.15, 0.2) is 0 Å². The van der Waals surface area contributed by atoms with Crippen molar-refractivity contribution in [2.45, 2.75) is 19.4 Å². The third-order valence-corrected chi connectivity index (χ3v) is 2.37. The van der Waals surface area contributed by atoms with E-state index in [2.05, 4.69) is 12.2 Å². The zero-order valence-corrected chi connectivity index (χ0v) is 9.62. The van der Waals surface area contributed by atoms with Gasteiger partial charge in [-0.3, -0.25) is 0 Å². The Labute approximate surface area is 91.4 Å². The first-order valence-corrected chi connectivity index (χ1v) is 5.20. The molecule has 0 saturated heterocycles. The lowest BCUT2D eigenvalue weighted by Crippen LogP contribution is -2.23. The molecule has 0 aromatic heterocycles. The van der Waals surface area contributed by atoms with E-state index in [0.29, 0.717) is 6.04 Å². The van der Waals surface area contributed by atoms with Crippen LogP contribution in [0.25, 0.3) is 0 Å². The second-order valence-electron chi connectivity index (χ2n) is 3.50. The number of methoxy groups -OCH3 is 1. The molecule has 84 valence electrons. The van der Waals surface area contributed by atoms with Crippen LogP contribution in [0.3, 0.4) is 0 Å². The van der Waals surface area contributed by atoms with Crippen LogP contribution in [0.15, 0.2) is 24.3 Å². The van der Waals surface area contributed by atoms with E-state index in [-0.39, 0.29) is 0 Å². The van der Waals surface area contributed by atoms with Gasteiger partial charge in [-0.05, 0) is 44.7 Å². The highest BCUT2D eigenvalue weighted by Gasteiger charge is 1.99. The van der Waals surface area contributed by atoms with E-state index in [1.54, 1.807) is 7.11 Å². The van der Waals surface area contributed by atoms with E-state index < -0.39 is 0 Å². The van der Waals surface area contributed by atoms with Crippen molar-refractivity contribution in [1.82, 2.24) is 5.32 Å². The van der Waals surface area contributed by atoms with Crippen LogP contribution in [0.5, 0.6) is 11.5 Å². The maximum Gasteiger partial charge on any atom is 0.119 e. The van der Waals surface area contributed by atoms with Crippen LogP contribution in [0.1, 0.15) is 13.3 Å². The van der Waals surface area contributed by atoms with Gasteiger partial charge in [0.1, 0.15) is 11.5 Å². The van der Waals surface area contributed by atoms with Crippen molar-refractivity contribution >= 4 is 0 Å². The Bertz CT molecular complexity index is 271. The molecular formula is C12H19NO2. The van der Waals surface area contributed by atoms with E-state index in [1.165, 1.54) is 0 Å². The van der Waals surface area contributed by atoms with Gasteiger partial charge >= 0.3 is 0 Å². The zero-order valence-electron chi connectivity index (χ0n) is 9.62. The molecule has 15 heavy (non-hydrogen) atoms. The number of ether oxygens (including phenoxy) is 2. The molecule has 1 atom stereocenters. The minimum absolute atomic E-state index is 0.489. The Morgan fingerprint density at radius 1 is 1.20 bits per heavy atom. The van der Waals surface area contributed by atoms with Crippen molar-refractivity contribution in [3.05, 3.63) is 24.3 Å². The maximum atomic E-state index is 5.58. The zero-order chi connectivity index (χ0) is 11.1. The van der Waals surface area contributed by atoms with Gasteiger partial charge in [0, 0.05) is 6.04 Å². The van der Waals surface area contributed by atoms with Gasteiger partial charge < -0.3 is 14.8 Å². The summed E-state index contributed by atoms with van der Waals surface area (Å²) in [5, 5.41) is 3.17. The molecule has 1 N–H and O–H groups in total. The van der Waals surface area contributed by atoms with E-state index in [0.717, 1.165) is 24.5 Å². The molecule has 0 spiro atoms. The third-order valence-electron chi connectivity index (χ3n) is 2.37. The monoisotopic (exact) mass is 209 g/mol. The fraction of sp³-hybridized carbons (Fsp3) is 0.500. The lowest BCUT2D eigenvalue weighted by atomic mass is 10.2. The van der Waals surface area contributed by atoms with E-state index >= 15 is 0 Å². The normalized spacial score (nSPS) is 12.2. The van der Waals surface area contributed by atoms with Crippen LogP contribution in [-0.2, 0) is 0 Å². The predicted molar refractivity (Wildman–Crippen MR) is 61.6 cm³/mol. The van der Waals surface area contributed by atoms with Gasteiger partial charge in [0.25, 0.3) is 0 Å². The van der Waals surface area contributed by atoms with Crippen molar-refractivity contribution in [2.75, 3.05) is 20.8 Å². The number of hydrogen-bond donors (Lipinski definition) is 1. The Kier molecular flexibility index (Phi) is 4.98. The molecule has 0 amide bonds. The standard InChI is InChI=1S/C12H19NO2/c1-10(13-2)8-9-15-12-6-4-11(14-3)5-7-12/h4-7,10,13H,8-9H2,1-3H3. The largest absolute Gasteiger partial charge is 0.497 e. The smallest absolute Gasteiger partial charge is 0.119 e. The van der Waals surface area contributed by atoms with Gasteiger partial charge in [-0.1, -0.05) is 0 Å². The highest BCUT2D eigenvalue weighted by Crippen LogP contribution is 2.17. The molecule has 0 fully saturated rings. The highest BCUT2D eigenvalue weighted by molar-refractivity contribution is 5.31. The first kappa shape index (κ1) is 11.9. The molecule has 0 bridgehead atoms. The molecule has 1 unspecified atom stereocenters. The van der Waals surface area contributed by atoms with Crippen LogP contribution >= 0.6 is 0 Å². The fourth-order valence-electron chi connectivity index (χ4n) is 1.17. The summed E-state index contributed by atoms with van der Waals surface area (Å²) in [4.78, 5) is 0. The number of hydrogen-bond acceptors (Lipinski definition) is 3. The molecule has 0 aliphatic rings. The predicted octanol–water partition coefficient (Wildman–Crippen LogP) is 2.07. The topological polar surface area (TPSA) is 30.5 Å². The molecule has 0 radical (unpaired) electrons. The summed E-state index contributed by atoms with van der Waals surface area (Å²) in [7, 11) is 3.61. The first-order chi connectivity index (χ1) is 7.26. The molecule has 0 aliphatic heterocycles. The maximum absolute atomic E-state index is 5.58. The van der Waals surface area contributed by atoms with Crippen molar-refractivity contribution in [3.63, 3.8) is 0 Å². The van der Waals surface area contributed by atoms with E-state index in [1.807, 2.05) is 31.3 Å². The summed E-state index contributed by atoms with van der Waals surface area (Å²) in [6.07, 6.45) is 1.00. The van der Waals surface area contributed by atoms with E-state index in [9.17, 15) is 0 Å². The summed E-state index contributed by atoms with van der Waals surface area (Å²) in [6, 6.07) is 8.13. The Morgan fingerprint density at radius 3 is 2.33 bits per heavy atom. The lowest BCUT2D eigenvalue weighted by Gasteiger charge is -2.11. The van der Waals surface area contributed by atoms with Crippen molar-refractivity contribution in [1.29, 1.82) is 0 Å². The number of rotatable bonds is 6. The van der Waals surface area contributed by atoms with Crippen molar-refractivity contribution < 1.29 is 9.47 Å². The molecule has 0 aliphatic carbocycles. The molecular weight excluding hydrogens is 190 g/mol. The van der Waals surface area contributed by atoms with Crippen molar-refractivity contribution in [3.8, 4) is 11.5 Å². The number of nitrogens with one attached hydrogen (secondary N) is 1. The molecule has 1 aromatic rings. The lowest BCUT2D eigenvalue weighted by molar-refractivity contribution is 0.293. The van der Waals surface area contributed by atoms with Gasteiger partial charge in [-0.25, -0.2) is 0 Å². The Morgan fingerprint density at radius 2 is 1.80 bits per heavy atom. The second-order valence-corrected chi connectivity index (χ2v) is 3.50. The first-order valence-electron chi connectivity index (χ1n) is 5.20. The van der Waals surface area contributed by atoms with Crippen LogP contribution < -0.4 is 14.8 Å². The van der Waals surface area contributed by atoms with Crippen LogP contribution in [0.2, 0.25) is 0 Å². The third kappa shape index (κ3) is 4.21. The average Bonchev–Trinajstić information content (AvgIpc) is 2.29. The quantitative estimate of drug-likeness (QED) is 0.778. The summed E-state index contributed by atoms with van der Waals surface area (Å²) in [5.74, 6) is 1.74. The Balaban J connectivity index is 2.31. The second kappa shape index (κ2) is 6.30. The van der Waals surface area contributed by atoms with E-state index in [4.69, 9.17) is 9.47 Å². The van der Waals surface area contributed by atoms with Crippen LogP contribution in [0, 0.1) is 0 Å². The molecule has 3 heteroatoms. The average molecular weight is 209 g/mol. The SMILES string of the molecule is CNC(C)CCOc1ccc(OC)cc1. The molecule has 0 saturated carbocycles. The summed E-state index contributed by atoms with van der Waals surface area (Å²) < 4.78 is 10.6. The Hall–Kier alpha value is -1.22. The van der Waals surface area contributed by atoms with Gasteiger partial charge in [0.2, 0.25) is 0 Å². The summed E-state index contributed by atoms with van der Waals surface area (Å²) in [5.41, 5.74) is 0. The highest BCUT2D eigenvalue weighted by atomic mass is 16.5. The molecule has 3 nitrogen and oxygen atoms in total. The van der Waals surface area contributed by atoms with Crippen LogP contribution in [-0.4, -0.2) is 26.8 Å². The van der Waals surface area contributed by atoms with Gasteiger partial charge in [-0.2, -0.15) is 0 Å². The van der Waals surface area contributed by atoms with Gasteiger partial charge in [-0.15, -0.1) is 0 Å². The van der Waals surface area contributed by atoms with Crippen LogP contribution in [0.4, 0.5) is 0 Å². The summed E-state index contributed by atoms with van der Waals surface area (Å²) in [6.45, 7) is 2.87. The number of benzene rings is 1. The van der Waals surface area contributed by atoms with Gasteiger partial charge in [0.05, 0.1) is 13.7 Å². The summed E-state index contributed by atoms with van der Waals surface area (Å²) >= 11 is 0. The molecule has 1 rings (SSSR count).